The molecule has 0 aliphatic carbocycles. The average Bonchev–Trinajstić information content (AvgIpc) is 2.75. The van der Waals surface area contributed by atoms with Crippen molar-refractivity contribution in [1.29, 1.82) is 0 Å². The zero-order chi connectivity index (χ0) is 22.2. The first-order valence-electron chi connectivity index (χ1n) is 9.72. The Morgan fingerprint density at radius 3 is 2.52 bits per heavy atom. The summed E-state index contributed by atoms with van der Waals surface area (Å²) in [7, 11) is 0. The fourth-order valence-corrected chi connectivity index (χ4v) is 3.09. The first-order chi connectivity index (χ1) is 14.9. The van der Waals surface area contributed by atoms with E-state index in [2.05, 4.69) is 16.0 Å². The van der Waals surface area contributed by atoms with Gasteiger partial charge in [-0.15, -0.1) is 0 Å². The Labute approximate surface area is 178 Å². The maximum absolute atomic E-state index is 13.2. The first kappa shape index (κ1) is 22.4. The molecule has 0 saturated carbocycles. The van der Waals surface area contributed by atoms with Crippen LogP contribution < -0.4 is 16.0 Å². The lowest BCUT2D eigenvalue weighted by atomic mass is 10.0. The SMILES string of the molecule is O=C(C[C@H]1C=C[C@H](NC(=O)Nc2ccc(F)cc2)[C@@H](CO)O1)NCc1cccc(F)c1. The molecule has 0 unspecified atom stereocenters. The molecule has 0 bridgehead atoms. The van der Waals surface area contributed by atoms with Gasteiger partial charge in [-0.25, -0.2) is 13.6 Å². The van der Waals surface area contributed by atoms with Crippen LogP contribution in [0.2, 0.25) is 0 Å². The highest BCUT2D eigenvalue weighted by molar-refractivity contribution is 5.89. The monoisotopic (exact) mass is 431 g/mol. The van der Waals surface area contributed by atoms with Gasteiger partial charge in [-0.05, 0) is 42.0 Å². The molecule has 31 heavy (non-hydrogen) atoms. The summed E-state index contributed by atoms with van der Waals surface area (Å²) in [4.78, 5) is 24.3. The zero-order valence-electron chi connectivity index (χ0n) is 16.6. The van der Waals surface area contributed by atoms with Gasteiger partial charge in [0.05, 0.1) is 25.2 Å². The predicted octanol–water partition coefficient (Wildman–Crippen LogP) is 2.48. The number of urea groups is 1. The molecule has 4 N–H and O–H groups in total. The molecule has 2 aromatic rings. The molecule has 3 rings (SSSR count). The highest BCUT2D eigenvalue weighted by Crippen LogP contribution is 2.16. The van der Waals surface area contributed by atoms with Crippen molar-refractivity contribution < 1.29 is 28.2 Å². The standard InChI is InChI=1S/C22H23F2N3O4/c23-15-4-6-17(7-5-15)26-22(30)27-19-9-8-18(31-20(19)13-28)11-21(29)25-12-14-2-1-3-16(24)10-14/h1-10,18-20,28H,11-13H2,(H,25,29)(H2,26,27,30)/t18-,19+,20-/m1/s1. The molecule has 1 aliphatic rings. The number of aliphatic hydroxyl groups excluding tert-OH is 1. The lowest BCUT2D eigenvalue weighted by Crippen LogP contribution is -2.50. The van der Waals surface area contributed by atoms with Crippen molar-refractivity contribution in [3.05, 3.63) is 77.9 Å². The second-order valence-electron chi connectivity index (χ2n) is 7.02. The summed E-state index contributed by atoms with van der Waals surface area (Å²) in [6.45, 7) is -0.183. The zero-order valence-corrected chi connectivity index (χ0v) is 16.6. The molecule has 0 spiro atoms. The van der Waals surface area contributed by atoms with Crippen LogP contribution in [0.3, 0.4) is 0 Å². The Balaban J connectivity index is 1.49. The van der Waals surface area contributed by atoms with E-state index in [4.69, 9.17) is 4.74 Å². The van der Waals surface area contributed by atoms with Crippen molar-refractivity contribution in [3.63, 3.8) is 0 Å². The van der Waals surface area contributed by atoms with Crippen molar-refractivity contribution in [3.8, 4) is 0 Å². The van der Waals surface area contributed by atoms with Gasteiger partial charge in [0, 0.05) is 12.2 Å². The van der Waals surface area contributed by atoms with E-state index in [1.165, 1.54) is 36.4 Å². The maximum Gasteiger partial charge on any atom is 0.319 e. The molecule has 2 aromatic carbocycles. The highest BCUT2D eigenvalue weighted by Gasteiger charge is 2.29. The number of hydrogen-bond acceptors (Lipinski definition) is 4. The van der Waals surface area contributed by atoms with Crippen LogP contribution in [0.15, 0.2) is 60.7 Å². The first-order valence-corrected chi connectivity index (χ1v) is 9.72. The van der Waals surface area contributed by atoms with Crippen molar-refractivity contribution in [2.45, 2.75) is 31.2 Å². The highest BCUT2D eigenvalue weighted by atomic mass is 19.1. The number of amides is 3. The summed E-state index contributed by atoms with van der Waals surface area (Å²) < 4.78 is 31.9. The smallest absolute Gasteiger partial charge is 0.319 e. The minimum Gasteiger partial charge on any atom is -0.394 e. The number of carbonyl (C=O) groups excluding carboxylic acids is 2. The van der Waals surface area contributed by atoms with Crippen molar-refractivity contribution >= 4 is 17.6 Å². The van der Waals surface area contributed by atoms with Gasteiger partial charge in [0.2, 0.25) is 5.91 Å². The predicted molar refractivity (Wildman–Crippen MR) is 110 cm³/mol. The van der Waals surface area contributed by atoms with E-state index in [0.717, 1.165) is 0 Å². The Morgan fingerprint density at radius 1 is 1.03 bits per heavy atom. The third-order valence-corrected chi connectivity index (χ3v) is 4.63. The number of anilines is 1. The van der Waals surface area contributed by atoms with Crippen LogP contribution in [0.5, 0.6) is 0 Å². The Bertz CT molecular complexity index is 937. The molecule has 9 heteroatoms. The van der Waals surface area contributed by atoms with Crippen molar-refractivity contribution in [2.75, 3.05) is 11.9 Å². The normalized spacial score (nSPS) is 20.2. The van der Waals surface area contributed by atoms with Crippen molar-refractivity contribution in [1.82, 2.24) is 10.6 Å². The molecule has 7 nitrogen and oxygen atoms in total. The maximum atomic E-state index is 13.2. The largest absolute Gasteiger partial charge is 0.394 e. The summed E-state index contributed by atoms with van der Waals surface area (Å²) >= 11 is 0. The minimum atomic E-state index is -0.745. The van der Waals surface area contributed by atoms with Gasteiger partial charge in [0.25, 0.3) is 0 Å². The number of nitrogens with one attached hydrogen (secondary N) is 3. The van der Waals surface area contributed by atoms with Crippen LogP contribution in [0.4, 0.5) is 19.3 Å². The lowest BCUT2D eigenvalue weighted by molar-refractivity contribution is -0.125. The third kappa shape index (κ3) is 6.87. The quantitative estimate of drug-likeness (QED) is 0.506. The molecule has 0 fully saturated rings. The topological polar surface area (TPSA) is 99.7 Å². The molecule has 0 saturated heterocycles. The Hall–Kier alpha value is -3.30. The van der Waals surface area contributed by atoms with E-state index in [1.54, 1.807) is 24.3 Å². The summed E-state index contributed by atoms with van der Waals surface area (Å²) in [6.07, 6.45) is 1.97. The van der Waals surface area contributed by atoms with E-state index in [9.17, 15) is 23.5 Å². The number of aliphatic hydroxyl groups is 1. The molecule has 1 aliphatic heterocycles. The van der Waals surface area contributed by atoms with Gasteiger partial charge < -0.3 is 25.8 Å². The van der Waals surface area contributed by atoms with Gasteiger partial charge >= 0.3 is 6.03 Å². The number of hydrogen-bond donors (Lipinski definition) is 4. The van der Waals surface area contributed by atoms with Gasteiger partial charge in [-0.1, -0.05) is 24.3 Å². The summed E-state index contributed by atoms with van der Waals surface area (Å²) in [5.74, 6) is -1.09. The Morgan fingerprint density at radius 2 is 1.81 bits per heavy atom. The van der Waals surface area contributed by atoms with E-state index in [0.29, 0.717) is 11.3 Å². The van der Waals surface area contributed by atoms with Gasteiger partial charge in [-0.2, -0.15) is 0 Å². The van der Waals surface area contributed by atoms with Crippen LogP contribution in [0.25, 0.3) is 0 Å². The van der Waals surface area contributed by atoms with Gasteiger partial charge in [0.1, 0.15) is 17.7 Å². The summed E-state index contributed by atoms with van der Waals surface area (Å²) in [5.41, 5.74) is 1.05. The molecule has 164 valence electrons. The molecular weight excluding hydrogens is 408 g/mol. The molecule has 3 atom stereocenters. The number of ether oxygens (including phenoxy) is 1. The third-order valence-electron chi connectivity index (χ3n) is 4.63. The van der Waals surface area contributed by atoms with Crippen LogP contribution in [0, 0.1) is 11.6 Å². The molecule has 0 aromatic heterocycles. The molecular formula is C22H23F2N3O4. The van der Waals surface area contributed by atoms with E-state index < -0.39 is 30.1 Å². The molecule has 0 radical (unpaired) electrons. The van der Waals surface area contributed by atoms with E-state index >= 15 is 0 Å². The summed E-state index contributed by atoms with van der Waals surface area (Å²) in [6, 6.07) is 10.1. The van der Waals surface area contributed by atoms with Crippen LogP contribution >= 0.6 is 0 Å². The van der Waals surface area contributed by atoms with E-state index in [-0.39, 0.29) is 31.3 Å². The fourth-order valence-electron chi connectivity index (χ4n) is 3.09. The average molecular weight is 431 g/mol. The summed E-state index contributed by atoms with van der Waals surface area (Å²) in [5, 5.41) is 17.5. The number of carbonyl (C=O) groups is 2. The second kappa shape index (κ2) is 10.6. The van der Waals surface area contributed by atoms with Crippen LogP contribution in [-0.4, -0.2) is 41.9 Å². The minimum absolute atomic E-state index is 0.0107. The molecule has 1 heterocycles. The van der Waals surface area contributed by atoms with Crippen LogP contribution in [0.1, 0.15) is 12.0 Å². The second-order valence-corrected chi connectivity index (χ2v) is 7.02. The van der Waals surface area contributed by atoms with Crippen LogP contribution in [-0.2, 0) is 16.1 Å². The number of rotatable bonds is 7. The number of benzene rings is 2. The van der Waals surface area contributed by atoms with Gasteiger partial charge in [0.15, 0.2) is 0 Å². The lowest BCUT2D eigenvalue weighted by Gasteiger charge is -2.31. The van der Waals surface area contributed by atoms with Crippen molar-refractivity contribution in [2.24, 2.45) is 0 Å². The Kier molecular flexibility index (Phi) is 7.69. The van der Waals surface area contributed by atoms with E-state index in [1.807, 2.05) is 0 Å². The van der Waals surface area contributed by atoms with Gasteiger partial charge in [-0.3, -0.25) is 4.79 Å². The fraction of sp³-hybridized carbons (Fsp3) is 0.273. The molecule has 3 amide bonds. The number of halogens is 2.